The molecule has 1 N–H and O–H groups in total. The molecule has 0 aliphatic rings. The Morgan fingerprint density at radius 3 is 3.00 bits per heavy atom. The summed E-state index contributed by atoms with van der Waals surface area (Å²) in [7, 11) is 0. The molecule has 0 aliphatic carbocycles. The van der Waals surface area contributed by atoms with Gasteiger partial charge in [-0.25, -0.2) is 9.97 Å². The summed E-state index contributed by atoms with van der Waals surface area (Å²) in [6.07, 6.45) is 2.10. The van der Waals surface area contributed by atoms with Crippen LogP contribution in [0, 0.1) is 6.92 Å². The molecule has 2 aromatic heterocycles. The molecule has 0 saturated heterocycles. The Morgan fingerprint density at radius 2 is 2.29 bits per heavy atom. The maximum absolute atomic E-state index is 5.92. The van der Waals surface area contributed by atoms with E-state index >= 15 is 0 Å². The van der Waals surface area contributed by atoms with E-state index in [1.54, 1.807) is 11.3 Å². The van der Waals surface area contributed by atoms with Gasteiger partial charge in [-0.3, -0.25) is 0 Å². The summed E-state index contributed by atoms with van der Waals surface area (Å²) in [6.45, 7) is 5.11. The highest BCUT2D eigenvalue weighted by Gasteiger charge is 2.10. The van der Waals surface area contributed by atoms with Gasteiger partial charge in [0.25, 0.3) is 0 Å². The Hall–Kier alpha value is -0.520. The zero-order valence-electron chi connectivity index (χ0n) is 9.95. The third kappa shape index (κ3) is 3.03. The van der Waals surface area contributed by atoms with Crippen molar-refractivity contribution in [2.45, 2.75) is 19.1 Å². The van der Waals surface area contributed by atoms with Gasteiger partial charge in [-0.05, 0) is 30.8 Å². The van der Waals surface area contributed by atoms with Gasteiger partial charge in [-0.2, -0.15) is 11.8 Å². The number of hydrogen-bond donors (Lipinski definition) is 1. The second kappa shape index (κ2) is 5.42. The number of rotatable bonds is 4. The Morgan fingerprint density at radius 1 is 1.53 bits per heavy atom. The number of aryl methyl sites for hydroxylation is 1. The van der Waals surface area contributed by atoms with Gasteiger partial charge in [0.2, 0.25) is 5.28 Å². The molecule has 1 unspecified atom stereocenters. The minimum absolute atomic E-state index is 0.304. The van der Waals surface area contributed by atoms with Crippen LogP contribution in [0.15, 0.2) is 6.07 Å². The smallest absolute Gasteiger partial charge is 0.225 e. The zero-order valence-corrected chi connectivity index (χ0v) is 12.3. The van der Waals surface area contributed by atoms with Gasteiger partial charge in [0, 0.05) is 16.7 Å². The average Bonchev–Trinajstić information content (AvgIpc) is 2.65. The lowest BCUT2D eigenvalue weighted by Gasteiger charge is -2.11. The average molecular weight is 288 g/mol. The molecule has 0 fully saturated rings. The van der Waals surface area contributed by atoms with Crippen LogP contribution in [0.1, 0.15) is 11.8 Å². The van der Waals surface area contributed by atoms with E-state index in [1.807, 2.05) is 11.8 Å². The van der Waals surface area contributed by atoms with E-state index in [2.05, 4.69) is 41.5 Å². The summed E-state index contributed by atoms with van der Waals surface area (Å²) in [6, 6.07) is 2.10. The normalized spacial score (nSPS) is 12.9. The lowest BCUT2D eigenvalue weighted by atomic mass is 10.3. The Labute approximate surface area is 114 Å². The van der Waals surface area contributed by atoms with Crippen LogP contribution in [0.4, 0.5) is 5.82 Å². The van der Waals surface area contributed by atoms with E-state index in [4.69, 9.17) is 11.6 Å². The van der Waals surface area contributed by atoms with Crippen LogP contribution < -0.4 is 5.32 Å². The van der Waals surface area contributed by atoms with Gasteiger partial charge in [0.15, 0.2) is 0 Å². The molecular formula is C11H14ClN3S2. The number of hydrogen-bond acceptors (Lipinski definition) is 5. The Bertz CT molecular complexity index is 527. The molecule has 0 radical (unpaired) electrons. The first kappa shape index (κ1) is 12.9. The van der Waals surface area contributed by atoms with Crippen molar-refractivity contribution in [3.05, 3.63) is 16.2 Å². The van der Waals surface area contributed by atoms with E-state index in [9.17, 15) is 0 Å². The molecule has 0 aromatic carbocycles. The number of aromatic nitrogens is 2. The van der Waals surface area contributed by atoms with Crippen molar-refractivity contribution in [3.63, 3.8) is 0 Å². The Balaban J connectivity index is 2.31. The highest BCUT2D eigenvalue weighted by molar-refractivity contribution is 7.99. The van der Waals surface area contributed by atoms with Gasteiger partial charge >= 0.3 is 0 Å². The molecule has 92 valence electrons. The summed E-state index contributed by atoms with van der Waals surface area (Å²) in [4.78, 5) is 10.7. The molecule has 0 bridgehead atoms. The largest absolute Gasteiger partial charge is 0.368 e. The minimum Gasteiger partial charge on any atom is -0.368 e. The first-order chi connectivity index (χ1) is 8.10. The fourth-order valence-corrected chi connectivity index (χ4v) is 2.82. The van der Waals surface area contributed by atoms with Gasteiger partial charge in [-0.15, -0.1) is 11.3 Å². The molecule has 2 rings (SSSR count). The van der Waals surface area contributed by atoms with E-state index in [-0.39, 0.29) is 0 Å². The van der Waals surface area contributed by atoms with Crippen molar-refractivity contribution in [2.75, 3.05) is 18.1 Å². The summed E-state index contributed by atoms with van der Waals surface area (Å²) in [5.41, 5.74) is 0. The predicted molar refractivity (Wildman–Crippen MR) is 78.6 cm³/mol. The zero-order chi connectivity index (χ0) is 12.4. The molecule has 0 saturated carbocycles. The van der Waals surface area contributed by atoms with E-state index in [1.165, 1.54) is 4.88 Å². The van der Waals surface area contributed by atoms with Crippen molar-refractivity contribution >= 4 is 50.7 Å². The highest BCUT2D eigenvalue weighted by atomic mass is 35.5. The van der Waals surface area contributed by atoms with Crippen molar-refractivity contribution in [1.82, 2.24) is 9.97 Å². The van der Waals surface area contributed by atoms with Crippen LogP contribution >= 0.6 is 34.7 Å². The highest BCUT2D eigenvalue weighted by Crippen LogP contribution is 2.29. The maximum atomic E-state index is 5.92. The standard InChI is InChI=1S/C11H14ClN3S2/c1-6-4-8-9(13-5-7(2)16-3)14-11(12)15-10(8)17-6/h4,7H,5H2,1-3H3,(H,13,14,15). The van der Waals surface area contributed by atoms with Crippen LogP contribution in [0.2, 0.25) is 5.28 Å². The lowest BCUT2D eigenvalue weighted by molar-refractivity contribution is 0.992. The maximum Gasteiger partial charge on any atom is 0.225 e. The quantitative estimate of drug-likeness (QED) is 0.868. The van der Waals surface area contributed by atoms with Crippen LogP contribution in [-0.2, 0) is 0 Å². The van der Waals surface area contributed by atoms with Gasteiger partial charge < -0.3 is 5.32 Å². The Kier molecular flexibility index (Phi) is 4.12. The van der Waals surface area contributed by atoms with E-state index in [0.29, 0.717) is 10.5 Å². The fourth-order valence-electron chi connectivity index (χ4n) is 1.47. The van der Waals surface area contributed by atoms with E-state index in [0.717, 1.165) is 22.6 Å². The number of halogens is 1. The molecule has 0 amide bonds. The molecule has 3 nitrogen and oxygen atoms in total. The molecule has 2 heterocycles. The van der Waals surface area contributed by atoms with Gasteiger partial charge in [0.1, 0.15) is 10.6 Å². The van der Waals surface area contributed by atoms with Crippen molar-refractivity contribution in [1.29, 1.82) is 0 Å². The topological polar surface area (TPSA) is 37.8 Å². The SMILES string of the molecule is CSC(C)CNc1nc(Cl)nc2sc(C)cc12. The van der Waals surface area contributed by atoms with Gasteiger partial charge in [0.05, 0.1) is 5.39 Å². The molecule has 0 aliphatic heterocycles. The number of fused-ring (bicyclic) bond motifs is 1. The minimum atomic E-state index is 0.304. The molecule has 2 aromatic rings. The summed E-state index contributed by atoms with van der Waals surface area (Å²) in [5, 5.41) is 5.25. The van der Waals surface area contributed by atoms with Crippen LogP contribution in [-0.4, -0.2) is 28.0 Å². The predicted octanol–water partition coefficient (Wildman–Crippen LogP) is 3.82. The number of nitrogens with zero attached hydrogens (tertiary/aromatic N) is 2. The van der Waals surface area contributed by atoms with Crippen molar-refractivity contribution < 1.29 is 0 Å². The first-order valence-electron chi connectivity index (χ1n) is 5.30. The van der Waals surface area contributed by atoms with Crippen molar-refractivity contribution in [2.24, 2.45) is 0 Å². The second-order valence-electron chi connectivity index (χ2n) is 3.84. The van der Waals surface area contributed by atoms with Crippen LogP contribution in [0.5, 0.6) is 0 Å². The summed E-state index contributed by atoms with van der Waals surface area (Å²) < 4.78 is 0. The molecule has 6 heteroatoms. The van der Waals surface area contributed by atoms with Crippen LogP contribution in [0.25, 0.3) is 10.2 Å². The second-order valence-corrected chi connectivity index (χ2v) is 6.69. The van der Waals surface area contributed by atoms with Gasteiger partial charge in [-0.1, -0.05) is 6.92 Å². The number of nitrogens with one attached hydrogen (secondary N) is 1. The first-order valence-corrected chi connectivity index (χ1v) is 7.78. The van der Waals surface area contributed by atoms with Crippen LogP contribution in [0.3, 0.4) is 0 Å². The van der Waals surface area contributed by atoms with E-state index < -0.39 is 0 Å². The number of anilines is 1. The fraction of sp³-hybridized carbons (Fsp3) is 0.455. The molecule has 0 spiro atoms. The molecule has 1 atom stereocenters. The third-order valence-corrected chi connectivity index (χ3v) is 4.53. The molecular weight excluding hydrogens is 274 g/mol. The number of thiophene rings is 1. The lowest BCUT2D eigenvalue weighted by Crippen LogP contribution is -2.13. The monoisotopic (exact) mass is 287 g/mol. The molecule has 17 heavy (non-hydrogen) atoms. The summed E-state index contributed by atoms with van der Waals surface area (Å²) in [5.74, 6) is 0.838. The third-order valence-electron chi connectivity index (χ3n) is 2.45. The summed E-state index contributed by atoms with van der Waals surface area (Å²) >= 11 is 9.38. The van der Waals surface area contributed by atoms with Crippen molar-refractivity contribution in [3.8, 4) is 0 Å². The number of thioether (sulfide) groups is 1.